The van der Waals surface area contributed by atoms with E-state index in [1.807, 2.05) is 66.9 Å². The lowest BCUT2D eigenvalue weighted by Gasteiger charge is -2.14. The third-order valence-corrected chi connectivity index (χ3v) is 9.98. The Morgan fingerprint density at radius 1 is 0.358 bits per heavy atom. The van der Waals surface area contributed by atoms with Crippen LogP contribution in [0, 0.1) is 0 Å². The van der Waals surface area contributed by atoms with Gasteiger partial charge >= 0.3 is 0 Å². The second-order valence-electron chi connectivity index (χ2n) is 13.1. The van der Waals surface area contributed by atoms with Crippen molar-refractivity contribution in [2.24, 2.45) is 0 Å². The van der Waals surface area contributed by atoms with E-state index in [2.05, 4.69) is 84.9 Å². The monoisotopic (exact) mass is 678 g/mol. The maximum absolute atomic E-state index is 6.17. The molecular formula is C46H26N6O. The molecule has 0 aliphatic carbocycles. The topological polar surface area (TPSA) is 90.5 Å². The summed E-state index contributed by atoms with van der Waals surface area (Å²) in [7, 11) is 0. The molecule has 5 aromatic heterocycles. The summed E-state index contributed by atoms with van der Waals surface area (Å²) in [5.74, 6) is 1.62. The minimum Gasteiger partial charge on any atom is -0.456 e. The van der Waals surface area contributed by atoms with Crippen LogP contribution in [0.3, 0.4) is 0 Å². The van der Waals surface area contributed by atoms with E-state index in [1.54, 1.807) is 6.20 Å². The zero-order valence-electron chi connectivity index (χ0n) is 28.1. The van der Waals surface area contributed by atoms with Crippen molar-refractivity contribution in [3.63, 3.8) is 0 Å². The standard InChI is InChI=1S/C46H26N6O/c1-2-9-31-25-37(35(24-30(31)8-1)38-20-18-29-17-16-28-12-7-23-48-42(28)43(29)49-38)46-51-44(32-19-21-40-36(26-32)33-13-3-4-15-39(33)53-40)50-45(52-46)34-14-5-10-27-11-6-22-47-41(27)34/h1-26H. The van der Waals surface area contributed by atoms with Crippen LogP contribution in [0.25, 0.3) is 111 Å². The molecule has 0 N–H and O–H groups in total. The van der Waals surface area contributed by atoms with Crippen LogP contribution < -0.4 is 0 Å². The van der Waals surface area contributed by atoms with Gasteiger partial charge in [-0.2, -0.15) is 0 Å². The lowest BCUT2D eigenvalue weighted by atomic mass is 9.97. The van der Waals surface area contributed by atoms with Crippen molar-refractivity contribution in [2.45, 2.75) is 0 Å². The molecule has 0 unspecified atom stereocenters. The Morgan fingerprint density at radius 3 is 1.83 bits per heavy atom. The van der Waals surface area contributed by atoms with Crippen LogP contribution in [-0.2, 0) is 0 Å². The molecule has 11 aromatic rings. The van der Waals surface area contributed by atoms with Crippen molar-refractivity contribution >= 4 is 65.4 Å². The second-order valence-corrected chi connectivity index (χ2v) is 13.1. The molecule has 0 saturated carbocycles. The predicted octanol–water partition coefficient (Wildman–Crippen LogP) is 11.2. The summed E-state index contributed by atoms with van der Waals surface area (Å²) < 4.78 is 6.17. The van der Waals surface area contributed by atoms with Crippen LogP contribution in [0.5, 0.6) is 0 Å². The van der Waals surface area contributed by atoms with Crippen LogP contribution in [-0.4, -0.2) is 29.9 Å². The van der Waals surface area contributed by atoms with E-state index in [0.717, 1.165) is 93.4 Å². The molecular weight excluding hydrogens is 653 g/mol. The molecule has 0 spiro atoms. The van der Waals surface area contributed by atoms with Crippen LogP contribution in [0.15, 0.2) is 162 Å². The quantitative estimate of drug-likeness (QED) is 0.171. The Kier molecular flexibility index (Phi) is 6.42. The smallest absolute Gasteiger partial charge is 0.166 e. The first-order valence-corrected chi connectivity index (χ1v) is 17.4. The number of para-hydroxylation sites is 2. The normalized spacial score (nSPS) is 11.8. The van der Waals surface area contributed by atoms with Crippen molar-refractivity contribution in [1.82, 2.24) is 29.9 Å². The third-order valence-electron chi connectivity index (χ3n) is 9.98. The van der Waals surface area contributed by atoms with Gasteiger partial charge in [0, 0.05) is 61.6 Å². The molecule has 0 fully saturated rings. The molecule has 5 heterocycles. The first kappa shape index (κ1) is 29.4. The Balaban J connectivity index is 1.20. The number of hydrogen-bond acceptors (Lipinski definition) is 7. The maximum atomic E-state index is 6.17. The van der Waals surface area contributed by atoms with Crippen molar-refractivity contribution in [3.05, 3.63) is 158 Å². The van der Waals surface area contributed by atoms with E-state index in [0.29, 0.717) is 17.5 Å². The SMILES string of the molecule is c1ccc2cc(-c3nc(-c4ccc5oc6ccccc6c5c4)nc(-c4cccc5cccnc45)n3)c(-c3ccc4ccc5cccnc5c4n3)cc2c1. The summed E-state index contributed by atoms with van der Waals surface area (Å²) in [6.07, 6.45) is 3.62. The van der Waals surface area contributed by atoms with Crippen LogP contribution in [0.1, 0.15) is 0 Å². The van der Waals surface area contributed by atoms with Crippen LogP contribution >= 0.6 is 0 Å². The summed E-state index contributed by atoms with van der Waals surface area (Å²) in [6.45, 7) is 0. The summed E-state index contributed by atoms with van der Waals surface area (Å²) in [5.41, 5.74) is 8.42. The van der Waals surface area contributed by atoms with Crippen molar-refractivity contribution in [1.29, 1.82) is 0 Å². The second kappa shape index (κ2) is 11.6. The van der Waals surface area contributed by atoms with Crippen LogP contribution in [0.4, 0.5) is 0 Å². The Hall–Kier alpha value is -7.38. The van der Waals surface area contributed by atoms with Crippen LogP contribution in [0.2, 0.25) is 0 Å². The average Bonchev–Trinajstić information content (AvgIpc) is 3.60. The summed E-state index contributed by atoms with van der Waals surface area (Å²) >= 11 is 0. The minimum absolute atomic E-state index is 0.534. The van der Waals surface area contributed by atoms with Gasteiger partial charge in [0.25, 0.3) is 0 Å². The number of benzene rings is 6. The number of aromatic nitrogens is 6. The number of rotatable bonds is 4. The molecule has 0 bridgehead atoms. The molecule has 53 heavy (non-hydrogen) atoms. The molecule has 7 nitrogen and oxygen atoms in total. The summed E-state index contributed by atoms with van der Waals surface area (Å²) in [6, 6.07) is 49.4. The predicted molar refractivity (Wildman–Crippen MR) is 212 cm³/mol. The van der Waals surface area contributed by atoms with Gasteiger partial charge in [0.05, 0.1) is 22.2 Å². The van der Waals surface area contributed by atoms with Gasteiger partial charge in [-0.25, -0.2) is 19.9 Å². The number of furan rings is 1. The lowest BCUT2D eigenvalue weighted by molar-refractivity contribution is 0.669. The molecule has 6 aromatic carbocycles. The first-order valence-electron chi connectivity index (χ1n) is 17.4. The number of nitrogens with zero attached hydrogens (tertiary/aromatic N) is 6. The molecule has 0 atom stereocenters. The minimum atomic E-state index is 0.534. The largest absolute Gasteiger partial charge is 0.456 e. The Bertz CT molecular complexity index is 3260. The highest BCUT2D eigenvalue weighted by Crippen LogP contribution is 2.38. The first-order chi connectivity index (χ1) is 26.2. The highest BCUT2D eigenvalue weighted by atomic mass is 16.3. The third kappa shape index (κ3) is 4.82. The molecule has 7 heteroatoms. The van der Waals surface area contributed by atoms with E-state index >= 15 is 0 Å². The van der Waals surface area contributed by atoms with Crippen molar-refractivity contribution < 1.29 is 4.42 Å². The van der Waals surface area contributed by atoms with Gasteiger partial charge in [-0.05, 0) is 71.4 Å². The van der Waals surface area contributed by atoms with E-state index in [9.17, 15) is 0 Å². The number of hydrogen-bond donors (Lipinski definition) is 0. The number of pyridine rings is 3. The van der Waals surface area contributed by atoms with Gasteiger partial charge in [0.2, 0.25) is 0 Å². The van der Waals surface area contributed by atoms with Gasteiger partial charge in [-0.15, -0.1) is 0 Å². The Labute approximate surface area is 302 Å². The molecule has 0 radical (unpaired) electrons. The highest BCUT2D eigenvalue weighted by Gasteiger charge is 2.20. The van der Waals surface area contributed by atoms with Crippen molar-refractivity contribution in [2.75, 3.05) is 0 Å². The van der Waals surface area contributed by atoms with E-state index in [1.165, 1.54) is 0 Å². The fourth-order valence-corrected chi connectivity index (χ4v) is 7.41. The van der Waals surface area contributed by atoms with Crippen molar-refractivity contribution in [3.8, 4) is 45.4 Å². The van der Waals surface area contributed by atoms with Gasteiger partial charge in [-0.3, -0.25) is 9.97 Å². The molecule has 0 aliphatic rings. The van der Waals surface area contributed by atoms with E-state index in [4.69, 9.17) is 34.3 Å². The maximum Gasteiger partial charge on any atom is 0.166 e. The molecule has 0 saturated heterocycles. The lowest BCUT2D eigenvalue weighted by Crippen LogP contribution is -2.02. The molecule has 246 valence electrons. The van der Waals surface area contributed by atoms with E-state index < -0.39 is 0 Å². The van der Waals surface area contributed by atoms with E-state index in [-0.39, 0.29) is 0 Å². The highest BCUT2D eigenvalue weighted by molar-refractivity contribution is 6.07. The summed E-state index contributed by atoms with van der Waals surface area (Å²) in [5, 5.41) is 7.28. The van der Waals surface area contributed by atoms with Gasteiger partial charge in [0.15, 0.2) is 17.5 Å². The molecule has 0 aliphatic heterocycles. The van der Waals surface area contributed by atoms with Gasteiger partial charge in [0.1, 0.15) is 11.2 Å². The number of fused-ring (bicyclic) bond motifs is 8. The molecule has 0 amide bonds. The molecule has 11 rings (SSSR count). The Morgan fingerprint density at radius 2 is 0.981 bits per heavy atom. The van der Waals surface area contributed by atoms with Gasteiger partial charge in [-0.1, -0.05) is 84.9 Å². The zero-order valence-corrected chi connectivity index (χ0v) is 28.1. The fourth-order valence-electron chi connectivity index (χ4n) is 7.41. The fraction of sp³-hybridized carbons (Fsp3) is 0. The summed E-state index contributed by atoms with van der Waals surface area (Å²) in [4.78, 5) is 30.4. The van der Waals surface area contributed by atoms with Gasteiger partial charge < -0.3 is 4.42 Å². The zero-order chi connectivity index (χ0) is 34.9. The average molecular weight is 679 g/mol.